The fourth-order valence-electron chi connectivity index (χ4n) is 3.63. The maximum absolute atomic E-state index is 14.4. The third-order valence-electron chi connectivity index (χ3n) is 5.47. The molecular weight excluding hydrogens is 415 g/mol. The van der Waals surface area contributed by atoms with Gasteiger partial charge in [-0.05, 0) is 43.2 Å². The standard InChI is InChI=1S/C24H27FN2O5/c1-17(28)19-7-9-21(20(25)15-19)26-11-13-27(14-12-26)23(29)16-32-24(30)10-8-18-5-3-4-6-22(18)31-2/h3-7,9,15H,8,10-14,16H2,1-2H3. The van der Waals surface area contributed by atoms with Crippen LogP contribution in [0.15, 0.2) is 42.5 Å². The highest BCUT2D eigenvalue weighted by Crippen LogP contribution is 2.22. The van der Waals surface area contributed by atoms with Crippen LogP contribution < -0.4 is 9.64 Å². The minimum absolute atomic E-state index is 0.150. The fraction of sp³-hybridized carbons (Fsp3) is 0.375. The Labute approximate surface area is 186 Å². The van der Waals surface area contributed by atoms with Gasteiger partial charge < -0.3 is 19.3 Å². The van der Waals surface area contributed by atoms with E-state index in [0.717, 1.165) is 5.56 Å². The second-order valence-electron chi connectivity index (χ2n) is 7.56. The number of ketones is 1. The first-order valence-electron chi connectivity index (χ1n) is 10.5. The molecule has 2 aromatic carbocycles. The highest BCUT2D eigenvalue weighted by molar-refractivity contribution is 5.94. The molecule has 0 aliphatic carbocycles. The minimum Gasteiger partial charge on any atom is -0.496 e. The molecule has 170 valence electrons. The molecule has 8 heteroatoms. The smallest absolute Gasteiger partial charge is 0.306 e. The van der Waals surface area contributed by atoms with Crippen LogP contribution in [0.3, 0.4) is 0 Å². The van der Waals surface area contributed by atoms with Crippen LogP contribution in [0.5, 0.6) is 5.75 Å². The zero-order chi connectivity index (χ0) is 23.1. The summed E-state index contributed by atoms with van der Waals surface area (Å²) in [6.07, 6.45) is 0.612. The van der Waals surface area contributed by atoms with Gasteiger partial charge in [0.25, 0.3) is 5.91 Å². The van der Waals surface area contributed by atoms with Gasteiger partial charge in [0.15, 0.2) is 12.4 Å². The average molecular weight is 442 g/mol. The van der Waals surface area contributed by atoms with Crippen molar-refractivity contribution >= 4 is 23.3 Å². The third-order valence-corrected chi connectivity index (χ3v) is 5.47. The minimum atomic E-state index is -0.457. The molecule has 0 atom stereocenters. The Kier molecular flexibility index (Phi) is 7.81. The number of hydrogen-bond donors (Lipinski definition) is 0. The number of para-hydroxylation sites is 1. The van der Waals surface area contributed by atoms with Gasteiger partial charge in [-0.3, -0.25) is 14.4 Å². The zero-order valence-corrected chi connectivity index (χ0v) is 18.3. The van der Waals surface area contributed by atoms with Gasteiger partial charge >= 0.3 is 5.97 Å². The van der Waals surface area contributed by atoms with Crippen LogP contribution in [0.2, 0.25) is 0 Å². The van der Waals surface area contributed by atoms with Gasteiger partial charge in [-0.2, -0.15) is 0 Å². The monoisotopic (exact) mass is 442 g/mol. The summed E-state index contributed by atoms with van der Waals surface area (Å²) in [4.78, 5) is 39.3. The Bertz CT molecular complexity index is 986. The lowest BCUT2D eigenvalue weighted by Gasteiger charge is -2.36. The van der Waals surface area contributed by atoms with Crippen molar-refractivity contribution in [3.63, 3.8) is 0 Å². The number of anilines is 1. The molecular formula is C24H27FN2O5. The summed E-state index contributed by atoms with van der Waals surface area (Å²) in [5.41, 5.74) is 1.63. The van der Waals surface area contributed by atoms with E-state index in [1.54, 1.807) is 24.1 Å². The summed E-state index contributed by atoms with van der Waals surface area (Å²) in [5.74, 6) is -0.662. The second kappa shape index (κ2) is 10.7. The number of nitrogens with zero attached hydrogens (tertiary/aromatic N) is 2. The quantitative estimate of drug-likeness (QED) is 0.462. The zero-order valence-electron chi connectivity index (χ0n) is 18.3. The van der Waals surface area contributed by atoms with E-state index in [4.69, 9.17) is 9.47 Å². The van der Waals surface area contributed by atoms with Crippen LogP contribution in [-0.2, 0) is 20.7 Å². The molecule has 0 bridgehead atoms. The molecule has 1 saturated heterocycles. The maximum Gasteiger partial charge on any atom is 0.306 e. The highest BCUT2D eigenvalue weighted by Gasteiger charge is 2.24. The molecule has 7 nitrogen and oxygen atoms in total. The van der Waals surface area contributed by atoms with Crippen LogP contribution in [0, 0.1) is 5.82 Å². The molecule has 0 aromatic heterocycles. The number of Topliss-reactive ketones (excluding diaryl/α,β-unsaturated/α-hetero) is 1. The van der Waals surface area contributed by atoms with Gasteiger partial charge in [-0.25, -0.2) is 4.39 Å². The molecule has 0 radical (unpaired) electrons. The first-order valence-corrected chi connectivity index (χ1v) is 10.5. The normalized spacial score (nSPS) is 13.6. The van der Waals surface area contributed by atoms with Crippen molar-refractivity contribution < 1.29 is 28.2 Å². The topological polar surface area (TPSA) is 76.2 Å². The number of ether oxygens (including phenoxy) is 2. The Morgan fingerprint density at radius 3 is 2.41 bits per heavy atom. The summed E-state index contributed by atoms with van der Waals surface area (Å²) in [5, 5.41) is 0. The molecule has 2 aromatic rings. The Morgan fingerprint density at radius 2 is 1.75 bits per heavy atom. The molecule has 1 aliphatic rings. The fourth-order valence-corrected chi connectivity index (χ4v) is 3.63. The van der Waals surface area contributed by atoms with Crippen molar-refractivity contribution in [2.24, 2.45) is 0 Å². The van der Waals surface area contributed by atoms with Crippen molar-refractivity contribution in [3.05, 3.63) is 59.4 Å². The molecule has 32 heavy (non-hydrogen) atoms. The predicted molar refractivity (Wildman–Crippen MR) is 117 cm³/mol. The Hall–Kier alpha value is -3.42. The number of benzene rings is 2. The molecule has 1 heterocycles. The lowest BCUT2D eigenvalue weighted by molar-refractivity contribution is -0.152. The molecule has 0 N–H and O–H groups in total. The van der Waals surface area contributed by atoms with Crippen LogP contribution in [0.25, 0.3) is 0 Å². The van der Waals surface area contributed by atoms with Crippen molar-refractivity contribution in [1.29, 1.82) is 0 Å². The molecule has 1 amide bonds. The lowest BCUT2D eigenvalue weighted by Crippen LogP contribution is -2.50. The number of amides is 1. The highest BCUT2D eigenvalue weighted by atomic mass is 19.1. The van der Waals surface area contributed by atoms with E-state index in [-0.39, 0.29) is 24.7 Å². The van der Waals surface area contributed by atoms with Gasteiger partial charge in [0.2, 0.25) is 0 Å². The largest absolute Gasteiger partial charge is 0.496 e. The number of aryl methyl sites for hydroxylation is 1. The molecule has 0 unspecified atom stereocenters. The van der Waals surface area contributed by atoms with E-state index in [9.17, 15) is 18.8 Å². The summed E-state index contributed by atoms with van der Waals surface area (Å²) < 4.78 is 24.8. The maximum atomic E-state index is 14.4. The van der Waals surface area contributed by atoms with Gasteiger partial charge in [0, 0.05) is 38.2 Å². The van der Waals surface area contributed by atoms with Crippen LogP contribution in [0.4, 0.5) is 10.1 Å². The summed E-state index contributed by atoms with van der Waals surface area (Å²) in [6, 6.07) is 11.9. The number of carbonyl (C=O) groups excluding carboxylic acids is 3. The molecule has 0 saturated carbocycles. The van der Waals surface area contributed by atoms with E-state index < -0.39 is 11.8 Å². The first kappa shape index (κ1) is 23.2. The van der Waals surface area contributed by atoms with Crippen LogP contribution in [0.1, 0.15) is 29.3 Å². The summed E-state index contributed by atoms with van der Waals surface area (Å²) >= 11 is 0. The van der Waals surface area contributed by atoms with Gasteiger partial charge in [-0.15, -0.1) is 0 Å². The first-order chi connectivity index (χ1) is 15.4. The van der Waals surface area contributed by atoms with Gasteiger partial charge in [0.05, 0.1) is 12.8 Å². The number of piperazine rings is 1. The Morgan fingerprint density at radius 1 is 1.03 bits per heavy atom. The van der Waals surface area contributed by atoms with Crippen molar-refractivity contribution in [1.82, 2.24) is 4.90 Å². The molecule has 3 rings (SSSR count). The van der Waals surface area contributed by atoms with Crippen molar-refractivity contribution in [3.8, 4) is 5.75 Å². The van der Waals surface area contributed by atoms with E-state index in [1.165, 1.54) is 13.0 Å². The number of methoxy groups -OCH3 is 1. The van der Waals surface area contributed by atoms with Crippen LogP contribution in [-0.4, -0.2) is 62.5 Å². The molecule has 1 aliphatic heterocycles. The van der Waals surface area contributed by atoms with Crippen molar-refractivity contribution in [2.45, 2.75) is 19.8 Å². The van der Waals surface area contributed by atoms with E-state index >= 15 is 0 Å². The van der Waals surface area contributed by atoms with E-state index in [2.05, 4.69) is 0 Å². The van der Waals surface area contributed by atoms with E-state index in [1.807, 2.05) is 29.2 Å². The predicted octanol–water partition coefficient (Wildman–Crippen LogP) is 2.86. The van der Waals surface area contributed by atoms with Crippen LogP contribution >= 0.6 is 0 Å². The third kappa shape index (κ3) is 5.84. The number of rotatable bonds is 8. The summed E-state index contributed by atoms with van der Waals surface area (Å²) in [7, 11) is 1.57. The van der Waals surface area contributed by atoms with E-state index in [0.29, 0.717) is 49.6 Å². The Balaban J connectivity index is 1.43. The second-order valence-corrected chi connectivity index (χ2v) is 7.56. The number of esters is 1. The average Bonchev–Trinajstić information content (AvgIpc) is 2.81. The lowest BCUT2D eigenvalue weighted by atomic mass is 10.1. The molecule has 1 fully saturated rings. The molecule has 0 spiro atoms. The number of hydrogen-bond acceptors (Lipinski definition) is 6. The SMILES string of the molecule is COc1ccccc1CCC(=O)OCC(=O)N1CCN(c2ccc(C(C)=O)cc2F)CC1. The number of halogens is 1. The van der Waals surface area contributed by atoms with Gasteiger partial charge in [0.1, 0.15) is 11.6 Å². The number of carbonyl (C=O) groups is 3. The van der Waals surface area contributed by atoms with Gasteiger partial charge in [-0.1, -0.05) is 18.2 Å². The summed E-state index contributed by atoms with van der Waals surface area (Å²) in [6.45, 7) is 2.77. The van der Waals surface area contributed by atoms with Crippen molar-refractivity contribution in [2.75, 3.05) is 44.8 Å².